The smallest absolute Gasteiger partial charge is 0.150 e. The Balaban J connectivity index is 2.06. The van der Waals surface area contributed by atoms with E-state index in [2.05, 4.69) is 20.7 Å². The Morgan fingerprint density at radius 1 is 1.31 bits per heavy atom. The van der Waals surface area contributed by atoms with Gasteiger partial charge in [0.05, 0.1) is 9.72 Å². The van der Waals surface area contributed by atoms with Crippen molar-refractivity contribution in [1.29, 1.82) is 0 Å². The van der Waals surface area contributed by atoms with Gasteiger partial charge < -0.3 is 10.2 Å². The van der Waals surface area contributed by atoms with Gasteiger partial charge >= 0.3 is 0 Å². The Morgan fingerprint density at radius 2 is 2.12 bits per heavy atom. The highest BCUT2D eigenvalue weighted by Gasteiger charge is 2.16. The van der Waals surface area contributed by atoms with Gasteiger partial charge in [0.2, 0.25) is 0 Å². The summed E-state index contributed by atoms with van der Waals surface area (Å²) in [4.78, 5) is 2.33. The topological polar surface area (TPSA) is 28.2 Å². The lowest BCUT2D eigenvalue weighted by Gasteiger charge is -2.27. The Hall–Kier alpha value is -0.840. The number of anilines is 1. The molecule has 3 nitrogen and oxygen atoms in total. The number of nitrogens with one attached hydrogen (secondary N) is 1. The summed E-state index contributed by atoms with van der Waals surface area (Å²) in [5.41, 5.74) is 0. The maximum absolute atomic E-state index is 6.15. The molecule has 0 spiro atoms. The van der Waals surface area contributed by atoms with Gasteiger partial charge in [0.25, 0.3) is 0 Å². The van der Waals surface area contributed by atoms with Gasteiger partial charge in [0.15, 0.2) is 0 Å². The van der Waals surface area contributed by atoms with Crippen LogP contribution < -0.4 is 10.2 Å². The molecule has 1 aliphatic heterocycles. The number of hydrogen-bond acceptors (Lipinski definition) is 4. The van der Waals surface area contributed by atoms with Gasteiger partial charge in [-0.1, -0.05) is 17.7 Å². The predicted octanol–water partition coefficient (Wildman–Crippen LogP) is 2.36. The lowest BCUT2D eigenvalue weighted by atomic mass is 10.2. The van der Waals surface area contributed by atoms with Crippen LogP contribution in [0.4, 0.5) is 5.82 Å². The molecule has 1 fully saturated rings. The lowest BCUT2D eigenvalue weighted by molar-refractivity contribution is 0.587. The van der Waals surface area contributed by atoms with Gasteiger partial charge in [-0.25, -0.2) is 0 Å². The molecule has 0 radical (unpaired) electrons. The van der Waals surface area contributed by atoms with Gasteiger partial charge in [-0.3, -0.25) is 0 Å². The molecule has 1 saturated heterocycles. The lowest BCUT2D eigenvalue weighted by Crippen LogP contribution is -2.43. The summed E-state index contributed by atoms with van der Waals surface area (Å²) in [7, 11) is 0. The number of piperazine rings is 1. The number of benzene rings is 1. The summed E-state index contributed by atoms with van der Waals surface area (Å²) < 4.78 is 5.63. The molecule has 0 bridgehead atoms. The molecular weight excluding hydrogens is 242 g/mol. The molecular formula is C11H12ClN3S. The van der Waals surface area contributed by atoms with E-state index in [-0.39, 0.29) is 0 Å². The van der Waals surface area contributed by atoms with Crippen LogP contribution in [-0.4, -0.2) is 30.6 Å². The number of nitrogens with zero attached hydrogens (tertiary/aromatic N) is 2. The quantitative estimate of drug-likeness (QED) is 0.846. The van der Waals surface area contributed by atoms with Gasteiger partial charge in [-0.15, -0.1) is 0 Å². The first-order valence-corrected chi connectivity index (χ1v) is 6.51. The predicted molar refractivity (Wildman–Crippen MR) is 69.7 cm³/mol. The molecule has 3 rings (SSSR count). The zero-order valence-corrected chi connectivity index (χ0v) is 10.3. The van der Waals surface area contributed by atoms with Crippen LogP contribution in [0, 0.1) is 0 Å². The van der Waals surface area contributed by atoms with E-state index in [0.717, 1.165) is 41.7 Å². The third-order valence-electron chi connectivity index (χ3n) is 2.85. The second-order valence-electron chi connectivity index (χ2n) is 3.86. The van der Waals surface area contributed by atoms with Crippen LogP contribution >= 0.6 is 23.1 Å². The standard InChI is InChI=1S/C11H12ClN3S/c12-9-3-1-2-8-10(9)16-14-11(8)15-6-4-13-5-7-15/h1-3,13H,4-7H2. The fourth-order valence-electron chi connectivity index (χ4n) is 2.02. The van der Waals surface area contributed by atoms with E-state index >= 15 is 0 Å². The van der Waals surface area contributed by atoms with Crippen LogP contribution in [0.15, 0.2) is 18.2 Å². The van der Waals surface area contributed by atoms with Gasteiger partial charge in [0.1, 0.15) is 5.82 Å². The normalized spacial score (nSPS) is 16.9. The monoisotopic (exact) mass is 253 g/mol. The van der Waals surface area contributed by atoms with Gasteiger partial charge in [0, 0.05) is 31.6 Å². The van der Waals surface area contributed by atoms with E-state index < -0.39 is 0 Å². The Labute approximate surface area is 103 Å². The van der Waals surface area contributed by atoms with E-state index in [1.54, 1.807) is 0 Å². The van der Waals surface area contributed by atoms with E-state index in [4.69, 9.17) is 11.6 Å². The molecule has 1 aromatic carbocycles. The van der Waals surface area contributed by atoms with Crippen molar-refractivity contribution in [3.63, 3.8) is 0 Å². The SMILES string of the molecule is Clc1cccc2c(N3CCNCC3)nsc12. The minimum absolute atomic E-state index is 0.802. The molecule has 0 saturated carbocycles. The van der Waals surface area contributed by atoms with Crippen LogP contribution in [0.2, 0.25) is 5.02 Å². The maximum Gasteiger partial charge on any atom is 0.150 e. The number of rotatable bonds is 1. The molecule has 5 heteroatoms. The van der Waals surface area contributed by atoms with E-state index in [1.807, 2.05) is 12.1 Å². The summed E-state index contributed by atoms with van der Waals surface area (Å²) in [5, 5.41) is 5.33. The van der Waals surface area contributed by atoms with Crippen molar-refractivity contribution < 1.29 is 0 Å². The van der Waals surface area contributed by atoms with Gasteiger partial charge in [-0.2, -0.15) is 4.37 Å². The summed E-state index contributed by atoms with van der Waals surface area (Å²) in [6, 6.07) is 6.01. The zero-order chi connectivity index (χ0) is 11.0. The van der Waals surface area contributed by atoms with Crippen molar-refractivity contribution >= 4 is 39.0 Å². The third-order valence-corrected chi connectivity index (χ3v) is 4.16. The first-order valence-electron chi connectivity index (χ1n) is 5.36. The number of aromatic nitrogens is 1. The van der Waals surface area contributed by atoms with Crippen molar-refractivity contribution in [3.05, 3.63) is 23.2 Å². The van der Waals surface area contributed by atoms with Crippen molar-refractivity contribution in [2.45, 2.75) is 0 Å². The third kappa shape index (κ3) is 1.67. The van der Waals surface area contributed by atoms with E-state index in [0.29, 0.717) is 0 Å². The Bertz CT molecular complexity index is 505. The van der Waals surface area contributed by atoms with Crippen LogP contribution in [-0.2, 0) is 0 Å². The molecule has 1 N–H and O–H groups in total. The minimum atomic E-state index is 0.802. The minimum Gasteiger partial charge on any atom is -0.353 e. The first kappa shape index (κ1) is 10.3. The Kier molecular flexibility index (Phi) is 2.71. The summed E-state index contributed by atoms with van der Waals surface area (Å²) in [6.45, 7) is 4.09. The van der Waals surface area contributed by atoms with Crippen molar-refractivity contribution in [1.82, 2.24) is 9.69 Å². The fraction of sp³-hybridized carbons (Fsp3) is 0.364. The second-order valence-corrected chi connectivity index (χ2v) is 5.04. The molecule has 2 heterocycles. The van der Waals surface area contributed by atoms with Gasteiger partial charge in [-0.05, 0) is 23.7 Å². The molecule has 84 valence electrons. The second kappa shape index (κ2) is 4.20. The molecule has 1 aromatic heterocycles. The van der Waals surface area contributed by atoms with Crippen LogP contribution in [0.25, 0.3) is 10.1 Å². The summed E-state index contributed by atoms with van der Waals surface area (Å²) in [6.07, 6.45) is 0. The first-order chi connectivity index (χ1) is 7.86. The zero-order valence-electron chi connectivity index (χ0n) is 8.74. The highest BCUT2D eigenvalue weighted by molar-refractivity contribution is 7.14. The molecule has 16 heavy (non-hydrogen) atoms. The molecule has 2 aromatic rings. The highest BCUT2D eigenvalue weighted by Crippen LogP contribution is 2.34. The maximum atomic E-state index is 6.15. The van der Waals surface area contributed by atoms with Crippen LogP contribution in [0.5, 0.6) is 0 Å². The average molecular weight is 254 g/mol. The fourth-order valence-corrected chi connectivity index (χ4v) is 3.10. The van der Waals surface area contributed by atoms with E-state index in [9.17, 15) is 0 Å². The van der Waals surface area contributed by atoms with Crippen molar-refractivity contribution in [2.24, 2.45) is 0 Å². The number of halogens is 1. The van der Waals surface area contributed by atoms with Crippen LogP contribution in [0.3, 0.4) is 0 Å². The molecule has 0 amide bonds. The number of hydrogen-bond donors (Lipinski definition) is 1. The van der Waals surface area contributed by atoms with Crippen molar-refractivity contribution in [2.75, 3.05) is 31.1 Å². The summed E-state index contributed by atoms with van der Waals surface area (Å²) in [5.74, 6) is 1.09. The van der Waals surface area contributed by atoms with E-state index in [1.165, 1.54) is 16.9 Å². The van der Waals surface area contributed by atoms with Crippen molar-refractivity contribution in [3.8, 4) is 0 Å². The molecule has 1 aliphatic rings. The average Bonchev–Trinajstić information content (AvgIpc) is 2.75. The molecule has 0 aliphatic carbocycles. The summed E-state index contributed by atoms with van der Waals surface area (Å²) >= 11 is 7.64. The largest absolute Gasteiger partial charge is 0.353 e. The molecule has 0 unspecified atom stereocenters. The highest BCUT2D eigenvalue weighted by atomic mass is 35.5. The van der Waals surface area contributed by atoms with Crippen LogP contribution in [0.1, 0.15) is 0 Å². The molecule has 0 atom stereocenters. The Morgan fingerprint density at radius 3 is 2.94 bits per heavy atom. The number of fused-ring (bicyclic) bond motifs is 1.